The number of barbiturate groups is 1. The third kappa shape index (κ3) is 4.30. The molecule has 0 saturated carbocycles. The number of nitrogens with zero attached hydrogens (tertiary/aromatic N) is 1. The highest BCUT2D eigenvalue weighted by Crippen LogP contribution is 2.24. The number of carboxylic acid groups (broad SMARTS) is 1. The Morgan fingerprint density at radius 1 is 1.03 bits per heavy atom. The highest BCUT2D eigenvalue weighted by atomic mass is 16.5. The summed E-state index contributed by atoms with van der Waals surface area (Å²) < 4.78 is 10.3. The zero-order valence-corrected chi connectivity index (χ0v) is 16.1. The summed E-state index contributed by atoms with van der Waals surface area (Å²) in [7, 11) is 1.49. The predicted molar refractivity (Wildman–Crippen MR) is 106 cm³/mol. The highest BCUT2D eigenvalue weighted by Gasteiger charge is 2.36. The summed E-state index contributed by atoms with van der Waals surface area (Å²) in [5.74, 6) is -1.81. The number of urea groups is 1. The molecule has 2 N–H and O–H groups in total. The van der Waals surface area contributed by atoms with Crippen LogP contribution in [0.3, 0.4) is 0 Å². The first-order valence-electron chi connectivity index (χ1n) is 8.85. The SMILES string of the molecule is COc1ccc(N2C(=O)NC(=O)/C(=C/c3ccc(O[C@H](C)C(=O)O)cc3)C2=O)cc1. The van der Waals surface area contributed by atoms with Crippen molar-refractivity contribution in [3.63, 3.8) is 0 Å². The molecule has 1 heterocycles. The van der Waals surface area contributed by atoms with E-state index in [0.717, 1.165) is 4.90 Å². The number of anilines is 1. The van der Waals surface area contributed by atoms with Gasteiger partial charge in [-0.05, 0) is 55.0 Å². The van der Waals surface area contributed by atoms with Crippen molar-refractivity contribution < 1.29 is 33.8 Å². The van der Waals surface area contributed by atoms with Crippen molar-refractivity contribution >= 4 is 35.6 Å². The molecule has 1 aliphatic rings. The van der Waals surface area contributed by atoms with E-state index in [-0.39, 0.29) is 11.3 Å². The second kappa shape index (κ2) is 8.48. The summed E-state index contributed by atoms with van der Waals surface area (Å²) in [5.41, 5.74) is 0.550. The normalized spacial score (nSPS) is 16.3. The number of hydrogen-bond acceptors (Lipinski definition) is 6. The number of carbonyl (C=O) groups excluding carboxylic acids is 3. The van der Waals surface area contributed by atoms with Crippen molar-refractivity contribution in [1.29, 1.82) is 0 Å². The number of imide groups is 2. The Balaban J connectivity index is 1.85. The number of aliphatic carboxylic acids is 1. The average molecular weight is 410 g/mol. The van der Waals surface area contributed by atoms with Gasteiger partial charge in [0.1, 0.15) is 17.1 Å². The number of nitrogens with one attached hydrogen (secondary N) is 1. The Labute approximate surface area is 171 Å². The van der Waals surface area contributed by atoms with Crippen molar-refractivity contribution in [3.05, 3.63) is 59.7 Å². The van der Waals surface area contributed by atoms with Crippen LogP contribution < -0.4 is 19.7 Å². The van der Waals surface area contributed by atoms with E-state index in [1.807, 2.05) is 0 Å². The van der Waals surface area contributed by atoms with Crippen LogP contribution in [0.4, 0.5) is 10.5 Å². The lowest BCUT2D eigenvalue weighted by Gasteiger charge is -2.26. The van der Waals surface area contributed by atoms with Gasteiger partial charge in [0.15, 0.2) is 6.10 Å². The lowest BCUT2D eigenvalue weighted by atomic mass is 10.1. The molecular weight excluding hydrogens is 392 g/mol. The summed E-state index contributed by atoms with van der Waals surface area (Å²) >= 11 is 0. The fourth-order valence-corrected chi connectivity index (χ4v) is 2.69. The van der Waals surface area contributed by atoms with E-state index in [4.69, 9.17) is 14.6 Å². The van der Waals surface area contributed by atoms with Gasteiger partial charge in [-0.3, -0.25) is 14.9 Å². The smallest absolute Gasteiger partial charge is 0.344 e. The van der Waals surface area contributed by atoms with E-state index in [9.17, 15) is 19.2 Å². The Morgan fingerprint density at radius 3 is 2.20 bits per heavy atom. The van der Waals surface area contributed by atoms with Crippen molar-refractivity contribution in [1.82, 2.24) is 5.32 Å². The Kier molecular flexibility index (Phi) is 5.82. The van der Waals surface area contributed by atoms with Gasteiger partial charge in [-0.2, -0.15) is 0 Å². The summed E-state index contributed by atoms with van der Waals surface area (Å²) in [6.07, 6.45) is 0.314. The van der Waals surface area contributed by atoms with Crippen LogP contribution in [0.1, 0.15) is 12.5 Å². The van der Waals surface area contributed by atoms with Crippen molar-refractivity contribution in [3.8, 4) is 11.5 Å². The number of rotatable bonds is 6. The maximum Gasteiger partial charge on any atom is 0.344 e. The fraction of sp³-hybridized carbons (Fsp3) is 0.143. The average Bonchev–Trinajstić information content (AvgIpc) is 2.72. The number of amides is 4. The van der Waals surface area contributed by atoms with E-state index in [1.54, 1.807) is 24.3 Å². The first-order chi connectivity index (χ1) is 14.3. The standard InChI is InChI=1S/C21H18N2O7/c1-12(20(26)27)30-16-7-3-13(4-8-16)11-17-18(24)22-21(28)23(19(17)25)14-5-9-15(29-2)10-6-14/h3-12H,1-2H3,(H,26,27)(H,22,24,28)/b17-11-/t12-/m1/s1. The molecule has 154 valence electrons. The van der Waals surface area contributed by atoms with Crippen molar-refractivity contribution in [2.24, 2.45) is 0 Å². The minimum Gasteiger partial charge on any atom is -0.497 e. The number of carbonyl (C=O) groups is 4. The van der Waals surface area contributed by atoms with Gasteiger partial charge in [0.05, 0.1) is 12.8 Å². The van der Waals surface area contributed by atoms with Gasteiger partial charge >= 0.3 is 12.0 Å². The van der Waals surface area contributed by atoms with E-state index in [1.165, 1.54) is 44.4 Å². The molecule has 0 radical (unpaired) electrons. The second-order valence-corrected chi connectivity index (χ2v) is 6.32. The molecule has 2 aromatic rings. The van der Waals surface area contributed by atoms with Gasteiger partial charge in [-0.25, -0.2) is 14.5 Å². The molecule has 1 saturated heterocycles. The maximum absolute atomic E-state index is 12.8. The van der Waals surface area contributed by atoms with E-state index in [0.29, 0.717) is 17.1 Å². The molecule has 9 nitrogen and oxygen atoms in total. The number of methoxy groups -OCH3 is 1. The van der Waals surface area contributed by atoms with Gasteiger partial charge in [0.25, 0.3) is 11.8 Å². The third-order valence-electron chi connectivity index (χ3n) is 4.28. The van der Waals surface area contributed by atoms with E-state index >= 15 is 0 Å². The van der Waals surface area contributed by atoms with Crippen LogP contribution in [0, 0.1) is 0 Å². The Morgan fingerprint density at radius 2 is 1.63 bits per heavy atom. The first-order valence-corrected chi connectivity index (χ1v) is 8.85. The van der Waals surface area contributed by atoms with Gasteiger partial charge in [0, 0.05) is 0 Å². The van der Waals surface area contributed by atoms with Crippen LogP contribution >= 0.6 is 0 Å². The summed E-state index contributed by atoms with van der Waals surface area (Å²) in [5, 5.41) is 11.0. The Bertz CT molecular complexity index is 1030. The topological polar surface area (TPSA) is 122 Å². The summed E-state index contributed by atoms with van der Waals surface area (Å²) in [4.78, 5) is 49.0. The van der Waals surface area contributed by atoms with Crippen LogP contribution in [-0.2, 0) is 14.4 Å². The predicted octanol–water partition coefficient (Wildman–Crippen LogP) is 2.21. The van der Waals surface area contributed by atoms with Crippen LogP contribution in [0.25, 0.3) is 6.08 Å². The largest absolute Gasteiger partial charge is 0.497 e. The Hall–Kier alpha value is -4.14. The molecule has 4 amide bonds. The monoisotopic (exact) mass is 410 g/mol. The maximum atomic E-state index is 12.8. The molecule has 0 unspecified atom stereocenters. The first kappa shape index (κ1) is 20.6. The quantitative estimate of drug-likeness (QED) is 0.553. The molecule has 1 atom stereocenters. The minimum atomic E-state index is -1.10. The molecule has 1 aliphatic heterocycles. The summed E-state index contributed by atoms with van der Waals surface area (Å²) in [6.45, 7) is 1.40. The molecule has 0 spiro atoms. The molecule has 0 aliphatic carbocycles. The lowest BCUT2D eigenvalue weighted by molar-refractivity contribution is -0.144. The number of hydrogen-bond donors (Lipinski definition) is 2. The number of carboxylic acids is 1. The molecule has 9 heteroatoms. The molecule has 3 rings (SSSR count). The van der Waals surface area contributed by atoms with Crippen molar-refractivity contribution in [2.75, 3.05) is 12.0 Å². The van der Waals surface area contributed by atoms with Crippen LogP contribution in [0.2, 0.25) is 0 Å². The third-order valence-corrected chi connectivity index (χ3v) is 4.28. The lowest BCUT2D eigenvalue weighted by Crippen LogP contribution is -2.54. The molecule has 2 aromatic carbocycles. The van der Waals surface area contributed by atoms with E-state index < -0.39 is 29.9 Å². The fourth-order valence-electron chi connectivity index (χ4n) is 2.69. The van der Waals surface area contributed by atoms with Crippen LogP contribution in [-0.4, -0.2) is 42.1 Å². The van der Waals surface area contributed by atoms with Crippen LogP contribution in [0.15, 0.2) is 54.1 Å². The second-order valence-electron chi connectivity index (χ2n) is 6.32. The molecule has 0 aromatic heterocycles. The van der Waals surface area contributed by atoms with Gasteiger partial charge < -0.3 is 14.6 Å². The highest BCUT2D eigenvalue weighted by molar-refractivity contribution is 6.39. The number of benzene rings is 2. The summed E-state index contributed by atoms with van der Waals surface area (Å²) in [6, 6.07) is 11.5. The molecule has 0 bridgehead atoms. The minimum absolute atomic E-state index is 0.224. The number of ether oxygens (including phenoxy) is 2. The van der Waals surface area contributed by atoms with Gasteiger partial charge in [-0.15, -0.1) is 0 Å². The molecule has 30 heavy (non-hydrogen) atoms. The van der Waals surface area contributed by atoms with Gasteiger partial charge in [0.2, 0.25) is 0 Å². The van der Waals surface area contributed by atoms with Crippen molar-refractivity contribution in [2.45, 2.75) is 13.0 Å². The molecule has 1 fully saturated rings. The van der Waals surface area contributed by atoms with Gasteiger partial charge in [-0.1, -0.05) is 12.1 Å². The molecular formula is C21H18N2O7. The van der Waals surface area contributed by atoms with Crippen LogP contribution in [0.5, 0.6) is 11.5 Å². The zero-order valence-electron chi connectivity index (χ0n) is 16.1. The zero-order chi connectivity index (χ0) is 21.8. The van der Waals surface area contributed by atoms with E-state index in [2.05, 4.69) is 5.32 Å².